The van der Waals surface area contributed by atoms with Crippen LogP contribution in [0.1, 0.15) is 65.2 Å². The molecular formula is C29H42N2O2. The van der Waals surface area contributed by atoms with E-state index < -0.39 is 0 Å². The molecule has 0 spiro atoms. The molecule has 6 unspecified atom stereocenters. The first-order chi connectivity index (χ1) is 16.0. The molecule has 5 rings (SSSR count). The number of Topliss-reactive ketones (excluding diaryl/α,β-unsaturated/α-hetero) is 1. The monoisotopic (exact) mass is 450 g/mol. The van der Waals surface area contributed by atoms with E-state index in [1.807, 2.05) is 12.2 Å². The van der Waals surface area contributed by atoms with Crippen molar-refractivity contribution < 1.29 is 9.53 Å². The summed E-state index contributed by atoms with van der Waals surface area (Å²) in [4.78, 5) is 15.5. The predicted molar refractivity (Wildman–Crippen MR) is 134 cm³/mol. The molecule has 5 aliphatic rings. The summed E-state index contributed by atoms with van der Waals surface area (Å²) in [5.74, 6) is 3.02. The maximum atomic E-state index is 13.0. The summed E-state index contributed by atoms with van der Waals surface area (Å²) in [7, 11) is 2.24. The third-order valence-corrected chi connectivity index (χ3v) is 9.45. The van der Waals surface area contributed by atoms with Crippen molar-refractivity contribution in [2.24, 2.45) is 23.2 Å². The number of carbonyl (C=O) groups is 1. The number of allylic oxidation sites excluding steroid dienone is 4. The zero-order valence-electron chi connectivity index (χ0n) is 20.8. The summed E-state index contributed by atoms with van der Waals surface area (Å²) in [6, 6.07) is 0.889. The summed E-state index contributed by atoms with van der Waals surface area (Å²) < 4.78 is 6.78. The molecule has 0 amide bonds. The average molecular weight is 451 g/mol. The topological polar surface area (TPSA) is 41.6 Å². The largest absolute Gasteiger partial charge is 0.484 e. The number of hydrogen-bond acceptors (Lipinski definition) is 4. The van der Waals surface area contributed by atoms with Crippen LogP contribution >= 0.6 is 0 Å². The van der Waals surface area contributed by atoms with Crippen LogP contribution in [0.5, 0.6) is 0 Å². The Labute approximate surface area is 200 Å². The molecule has 1 heterocycles. The third kappa shape index (κ3) is 3.87. The zero-order valence-corrected chi connectivity index (χ0v) is 20.8. The van der Waals surface area contributed by atoms with Gasteiger partial charge in [-0.2, -0.15) is 0 Å². The van der Waals surface area contributed by atoms with E-state index in [-0.39, 0.29) is 17.3 Å². The normalized spacial score (nSPS) is 38.1. The van der Waals surface area contributed by atoms with Gasteiger partial charge in [-0.3, -0.25) is 9.69 Å². The van der Waals surface area contributed by atoms with E-state index in [4.69, 9.17) is 4.74 Å². The highest BCUT2D eigenvalue weighted by Gasteiger charge is 2.65. The van der Waals surface area contributed by atoms with E-state index >= 15 is 0 Å². The second-order valence-electron chi connectivity index (χ2n) is 11.2. The maximum absolute atomic E-state index is 13.0. The number of likely N-dealkylation sites (N-methyl/N-ethyl adjacent to an activating group) is 1. The number of nitrogens with zero attached hydrogens (tertiary/aromatic N) is 1. The van der Waals surface area contributed by atoms with Crippen LogP contribution in [0.4, 0.5) is 0 Å². The van der Waals surface area contributed by atoms with E-state index in [0.717, 1.165) is 37.5 Å². The Hall–Kier alpha value is -1.65. The Morgan fingerprint density at radius 2 is 2.09 bits per heavy atom. The van der Waals surface area contributed by atoms with Gasteiger partial charge in [0.1, 0.15) is 6.10 Å². The van der Waals surface area contributed by atoms with Crippen molar-refractivity contribution in [2.45, 2.75) is 83.4 Å². The molecule has 0 bridgehead atoms. The highest BCUT2D eigenvalue weighted by atomic mass is 16.5. The molecule has 1 aliphatic heterocycles. The van der Waals surface area contributed by atoms with E-state index in [1.54, 1.807) is 0 Å². The van der Waals surface area contributed by atoms with Crippen molar-refractivity contribution in [3.63, 3.8) is 0 Å². The molecule has 6 atom stereocenters. The molecular weight excluding hydrogens is 408 g/mol. The van der Waals surface area contributed by atoms with E-state index in [1.165, 1.54) is 43.4 Å². The van der Waals surface area contributed by atoms with Gasteiger partial charge in [0.25, 0.3) is 0 Å². The molecule has 3 fully saturated rings. The van der Waals surface area contributed by atoms with Gasteiger partial charge >= 0.3 is 0 Å². The smallest absolute Gasteiger partial charge is 0.197 e. The lowest BCUT2D eigenvalue weighted by molar-refractivity contribution is -0.122. The first kappa shape index (κ1) is 23.1. The molecule has 0 aromatic rings. The lowest BCUT2D eigenvalue weighted by Gasteiger charge is -2.57. The van der Waals surface area contributed by atoms with Crippen molar-refractivity contribution >= 4 is 5.78 Å². The summed E-state index contributed by atoms with van der Waals surface area (Å²) in [6.07, 6.45) is 17.4. The third-order valence-electron chi connectivity index (χ3n) is 9.45. The number of hydrogen-bond donors (Lipinski definition) is 1. The van der Waals surface area contributed by atoms with Gasteiger partial charge in [-0.25, -0.2) is 0 Å². The van der Waals surface area contributed by atoms with Gasteiger partial charge in [0.2, 0.25) is 0 Å². The molecule has 0 radical (unpaired) electrons. The molecule has 0 aromatic heterocycles. The van der Waals surface area contributed by atoms with E-state index in [2.05, 4.69) is 49.8 Å². The van der Waals surface area contributed by atoms with Crippen LogP contribution in [-0.2, 0) is 9.53 Å². The fourth-order valence-electron chi connectivity index (χ4n) is 7.67. The van der Waals surface area contributed by atoms with Crippen LogP contribution in [0.25, 0.3) is 0 Å². The van der Waals surface area contributed by atoms with Gasteiger partial charge in [0.15, 0.2) is 11.5 Å². The summed E-state index contributed by atoms with van der Waals surface area (Å²) in [5.41, 5.74) is 2.73. The molecule has 4 nitrogen and oxygen atoms in total. The fourth-order valence-corrected chi connectivity index (χ4v) is 7.67. The van der Waals surface area contributed by atoms with Crippen molar-refractivity contribution in [3.8, 4) is 0 Å². The molecule has 33 heavy (non-hydrogen) atoms. The molecule has 0 aromatic carbocycles. The van der Waals surface area contributed by atoms with Gasteiger partial charge in [0, 0.05) is 30.5 Å². The second kappa shape index (κ2) is 9.19. The Morgan fingerprint density at radius 1 is 1.27 bits per heavy atom. The molecule has 0 saturated heterocycles. The number of ketones is 1. The molecule has 1 N–H and O–H groups in total. The van der Waals surface area contributed by atoms with E-state index in [0.29, 0.717) is 30.3 Å². The number of nitrogens with one attached hydrogen (secondary N) is 1. The average Bonchev–Trinajstić information content (AvgIpc) is 3.59. The first-order valence-electron chi connectivity index (χ1n) is 13.4. The van der Waals surface area contributed by atoms with Gasteiger partial charge in [-0.05, 0) is 94.4 Å². The summed E-state index contributed by atoms with van der Waals surface area (Å²) in [5, 5.41) is 4.03. The van der Waals surface area contributed by atoms with Gasteiger partial charge in [-0.1, -0.05) is 37.8 Å². The molecule has 180 valence electrons. The summed E-state index contributed by atoms with van der Waals surface area (Å²) in [6.45, 7) is 10.3. The number of ether oxygens (including phenoxy) is 1. The minimum atomic E-state index is 0.0137. The highest BCUT2D eigenvalue weighted by Crippen LogP contribution is 2.64. The van der Waals surface area contributed by atoms with E-state index in [9.17, 15) is 4.79 Å². The van der Waals surface area contributed by atoms with Crippen LogP contribution in [0.2, 0.25) is 0 Å². The second-order valence-corrected chi connectivity index (χ2v) is 11.2. The van der Waals surface area contributed by atoms with Crippen LogP contribution < -0.4 is 5.32 Å². The van der Waals surface area contributed by atoms with Crippen LogP contribution in [-0.4, -0.2) is 49.0 Å². The minimum Gasteiger partial charge on any atom is -0.484 e. The van der Waals surface area contributed by atoms with Crippen LogP contribution in [0.15, 0.2) is 47.8 Å². The van der Waals surface area contributed by atoms with Crippen molar-refractivity contribution in [1.29, 1.82) is 0 Å². The number of carbonyl (C=O) groups excluding carboxylic acids is 1. The van der Waals surface area contributed by atoms with Crippen molar-refractivity contribution in [1.82, 2.24) is 10.2 Å². The molecule has 3 saturated carbocycles. The van der Waals surface area contributed by atoms with Gasteiger partial charge in [0.05, 0.1) is 0 Å². The molecule has 4 aliphatic carbocycles. The Kier molecular flexibility index (Phi) is 6.43. The predicted octanol–water partition coefficient (Wildman–Crippen LogP) is 5.19. The zero-order chi connectivity index (χ0) is 23.2. The quantitative estimate of drug-likeness (QED) is 0.491. The lowest BCUT2D eigenvalue weighted by Crippen LogP contribution is -2.63. The van der Waals surface area contributed by atoms with Crippen LogP contribution in [0.3, 0.4) is 0 Å². The van der Waals surface area contributed by atoms with Crippen LogP contribution in [0, 0.1) is 23.2 Å². The first-order valence-corrected chi connectivity index (χ1v) is 13.4. The maximum Gasteiger partial charge on any atom is 0.197 e. The molecule has 4 heteroatoms. The van der Waals surface area contributed by atoms with Crippen molar-refractivity contribution in [2.75, 3.05) is 20.1 Å². The van der Waals surface area contributed by atoms with Gasteiger partial charge in [-0.15, -0.1) is 0 Å². The fraction of sp³-hybridized carbons (Fsp3) is 0.690. The number of rotatable bonds is 9. The lowest BCUT2D eigenvalue weighted by atomic mass is 9.49. The highest BCUT2D eigenvalue weighted by molar-refractivity contribution is 5.96. The Balaban J connectivity index is 1.46. The SMILES string of the molecule is C=CC=CC(=CC)CN(C)C1CCC2C(NCC3CC3)CC3CCC(=O)C4=C3C2(CC)C1O4. The Bertz CT molecular complexity index is 882. The standard InChI is InChI=1S/C29H42N2O2/c1-5-8-9-19(6-2)18-31(4)24-14-13-22-23(30-17-20-10-11-20)16-21-12-15-25(32)27-26(21)29(22,7-3)28(24)33-27/h5-6,8-9,20-24,28,30H,1,7,10-18H2,2-4H3. The summed E-state index contributed by atoms with van der Waals surface area (Å²) >= 11 is 0. The minimum absolute atomic E-state index is 0.0137. The van der Waals surface area contributed by atoms with Crippen molar-refractivity contribution in [3.05, 3.63) is 47.8 Å². The Morgan fingerprint density at radius 3 is 2.79 bits per heavy atom. The van der Waals surface area contributed by atoms with Gasteiger partial charge < -0.3 is 10.1 Å².